The van der Waals surface area contributed by atoms with Crippen molar-refractivity contribution < 1.29 is 13.2 Å². The molecule has 0 aliphatic rings. The normalized spacial score (nSPS) is 13.1. The molecule has 0 fully saturated rings. The number of rotatable bonds is 14. The summed E-state index contributed by atoms with van der Waals surface area (Å²) in [6.45, 7) is 2.24. The maximum absolute atomic E-state index is 12.5. The standard InChI is InChI=1S/C20H34O3S/c1-3-4-5-6-7-8-9-10-11-15-18-20(23-2)24(21,22)19-16-13-12-14-17-19/h12-14,16-17,20H,3-11,15,18H2,1-2H3. The number of ether oxygens (including phenoxy) is 1. The molecule has 1 aromatic rings. The van der Waals surface area contributed by atoms with Crippen LogP contribution in [0, 0.1) is 0 Å². The van der Waals surface area contributed by atoms with Crippen LogP contribution in [-0.2, 0) is 14.6 Å². The Morgan fingerprint density at radius 1 is 0.833 bits per heavy atom. The highest BCUT2D eigenvalue weighted by molar-refractivity contribution is 7.91. The van der Waals surface area contributed by atoms with E-state index in [0.717, 1.165) is 12.8 Å². The van der Waals surface area contributed by atoms with Crippen LogP contribution in [0.3, 0.4) is 0 Å². The molecule has 0 saturated heterocycles. The van der Waals surface area contributed by atoms with E-state index in [9.17, 15) is 8.42 Å². The van der Waals surface area contributed by atoms with E-state index in [4.69, 9.17) is 4.74 Å². The van der Waals surface area contributed by atoms with Crippen molar-refractivity contribution in [2.24, 2.45) is 0 Å². The Balaban J connectivity index is 2.21. The van der Waals surface area contributed by atoms with Gasteiger partial charge in [0.25, 0.3) is 0 Å². The van der Waals surface area contributed by atoms with Gasteiger partial charge in [-0.2, -0.15) is 0 Å². The Morgan fingerprint density at radius 3 is 1.83 bits per heavy atom. The Bertz CT molecular complexity index is 511. The first-order valence-corrected chi connectivity index (χ1v) is 11.0. The van der Waals surface area contributed by atoms with Crippen LogP contribution in [0.2, 0.25) is 0 Å². The van der Waals surface area contributed by atoms with Gasteiger partial charge in [0.1, 0.15) is 0 Å². The number of hydrogen-bond donors (Lipinski definition) is 0. The fourth-order valence-electron chi connectivity index (χ4n) is 2.96. The van der Waals surface area contributed by atoms with E-state index in [2.05, 4.69) is 6.92 Å². The Hall–Kier alpha value is -0.870. The van der Waals surface area contributed by atoms with E-state index < -0.39 is 15.3 Å². The van der Waals surface area contributed by atoms with Crippen LogP contribution < -0.4 is 0 Å². The van der Waals surface area contributed by atoms with Crippen molar-refractivity contribution in [3.8, 4) is 0 Å². The van der Waals surface area contributed by atoms with Crippen molar-refractivity contribution in [2.75, 3.05) is 7.11 Å². The molecule has 0 aromatic heterocycles. The molecule has 4 heteroatoms. The zero-order valence-corrected chi connectivity index (χ0v) is 16.2. The summed E-state index contributed by atoms with van der Waals surface area (Å²) in [5, 5.41) is 0. The van der Waals surface area contributed by atoms with Gasteiger partial charge in [0.05, 0.1) is 4.90 Å². The van der Waals surface area contributed by atoms with Crippen LogP contribution in [0.15, 0.2) is 35.2 Å². The monoisotopic (exact) mass is 354 g/mol. The molecule has 0 aliphatic heterocycles. The topological polar surface area (TPSA) is 43.4 Å². The molecular weight excluding hydrogens is 320 g/mol. The van der Waals surface area contributed by atoms with Gasteiger partial charge < -0.3 is 4.74 Å². The first-order chi connectivity index (χ1) is 11.6. The Morgan fingerprint density at radius 2 is 1.33 bits per heavy atom. The van der Waals surface area contributed by atoms with Crippen LogP contribution in [0.4, 0.5) is 0 Å². The van der Waals surface area contributed by atoms with E-state index in [-0.39, 0.29) is 0 Å². The summed E-state index contributed by atoms with van der Waals surface area (Å²) in [6.07, 6.45) is 13.0. The highest BCUT2D eigenvalue weighted by Crippen LogP contribution is 2.21. The lowest BCUT2D eigenvalue weighted by Gasteiger charge is -2.16. The maximum Gasteiger partial charge on any atom is 0.205 e. The summed E-state index contributed by atoms with van der Waals surface area (Å²) < 4.78 is 30.3. The van der Waals surface area contributed by atoms with Crippen molar-refractivity contribution in [3.63, 3.8) is 0 Å². The minimum Gasteiger partial charge on any atom is -0.365 e. The highest BCUT2D eigenvalue weighted by atomic mass is 32.2. The SMILES string of the molecule is CCCCCCCCCCCCC(OC)S(=O)(=O)c1ccccc1. The van der Waals surface area contributed by atoms with Crippen LogP contribution in [-0.4, -0.2) is 21.0 Å². The summed E-state index contributed by atoms with van der Waals surface area (Å²) in [6, 6.07) is 8.60. The van der Waals surface area contributed by atoms with E-state index in [0.29, 0.717) is 11.3 Å². The predicted molar refractivity (Wildman–Crippen MR) is 101 cm³/mol. The largest absolute Gasteiger partial charge is 0.365 e. The fraction of sp³-hybridized carbons (Fsp3) is 0.700. The molecule has 0 bridgehead atoms. The lowest BCUT2D eigenvalue weighted by atomic mass is 10.1. The van der Waals surface area contributed by atoms with E-state index in [1.165, 1.54) is 58.5 Å². The van der Waals surface area contributed by atoms with E-state index >= 15 is 0 Å². The molecule has 24 heavy (non-hydrogen) atoms. The third kappa shape index (κ3) is 7.80. The predicted octanol–water partition coefficient (Wildman–Crippen LogP) is 5.74. The number of methoxy groups -OCH3 is 1. The van der Waals surface area contributed by atoms with Crippen molar-refractivity contribution in [1.82, 2.24) is 0 Å². The lowest BCUT2D eigenvalue weighted by Crippen LogP contribution is -2.23. The maximum atomic E-state index is 12.5. The fourth-order valence-corrected chi connectivity index (χ4v) is 4.53. The molecule has 0 spiro atoms. The molecule has 1 rings (SSSR count). The van der Waals surface area contributed by atoms with Gasteiger partial charge in [-0.3, -0.25) is 0 Å². The smallest absolute Gasteiger partial charge is 0.205 e. The molecule has 1 aromatic carbocycles. The number of hydrogen-bond acceptors (Lipinski definition) is 3. The van der Waals surface area contributed by atoms with Gasteiger partial charge in [0, 0.05) is 7.11 Å². The van der Waals surface area contributed by atoms with Gasteiger partial charge in [-0.1, -0.05) is 82.9 Å². The molecule has 1 unspecified atom stereocenters. The summed E-state index contributed by atoms with van der Waals surface area (Å²) in [4.78, 5) is 0.351. The molecule has 0 aliphatic carbocycles. The number of benzene rings is 1. The van der Waals surface area contributed by atoms with Crippen LogP contribution >= 0.6 is 0 Å². The van der Waals surface area contributed by atoms with Crippen molar-refractivity contribution in [1.29, 1.82) is 0 Å². The third-order valence-electron chi connectivity index (χ3n) is 4.47. The molecule has 138 valence electrons. The molecule has 1 atom stereocenters. The first kappa shape index (κ1) is 21.2. The Kier molecular flexibility index (Phi) is 11.0. The van der Waals surface area contributed by atoms with E-state index in [1.54, 1.807) is 24.3 Å². The molecule has 0 amide bonds. The average Bonchev–Trinajstić information content (AvgIpc) is 2.60. The van der Waals surface area contributed by atoms with Crippen LogP contribution in [0.1, 0.15) is 77.6 Å². The zero-order valence-electron chi connectivity index (χ0n) is 15.4. The molecule has 0 heterocycles. The summed E-state index contributed by atoms with van der Waals surface area (Å²) in [5.41, 5.74) is -0.728. The summed E-state index contributed by atoms with van der Waals surface area (Å²) in [5.74, 6) is 0. The first-order valence-electron chi connectivity index (χ1n) is 9.44. The molecule has 0 radical (unpaired) electrons. The van der Waals surface area contributed by atoms with Crippen molar-refractivity contribution in [3.05, 3.63) is 30.3 Å². The van der Waals surface area contributed by atoms with Gasteiger partial charge >= 0.3 is 0 Å². The molecule has 0 saturated carbocycles. The minimum atomic E-state index is -3.38. The summed E-state index contributed by atoms with van der Waals surface area (Å²) >= 11 is 0. The quantitative estimate of drug-likeness (QED) is 0.400. The number of sulfone groups is 1. The van der Waals surface area contributed by atoms with Gasteiger partial charge in [0.15, 0.2) is 5.44 Å². The Labute approximate surface area is 148 Å². The number of unbranched alkanes of at least 4 members (excludes halogenated alkanes) is 9. The van der Waals surface area contributed by atoms with Gasteiger partial charge in [-0.25, -0.2) is 8.42 Å². The van der Waals surface area contributed by atoms with Crippen molar-refractivity contribution in [2.45, 2.75) is 87.9 Å². The zero-order chi connectivity index (χ0) is 17.7. The molecular formula is C20H34O3S. The van der Waals surface area contributed by atoms with Crippen LogP contribution in [0.25, 0.3) is 0 Å². The molecule has 3 nitrogen and oxygen atoms in total. The minimum absolute atomic E-state index is 0.351. The second-order valence-electron chi connectivity index (χ2n) is 6.49. The summed E-state index contributed by atoms with van der Waals surface area (Å²) in [7, 11) is -1.90. The molecule has 0 N–H and O–H groups in total. The van der Waals surface area contributed by atoms with Crippen molar-refractivity contribution >= 4 is 9.84 Å². The van der Waals surface area contributed by atoms with E-state index in [1.807, 2.05) is 6.07 Å². The average molecular weight is 355 g/mol. The van der Waals surface area contributed by atoms with Gasteiger partial charge in [0.2, 0.25) is 9.84 Å². The van der Waals surface area contributed by atoms with Crippen LogP contribution in [0.5, 0.6) is 0 Å². The highest BCUT2D eigenvalue weighted by Gasteiger charge is 2.26. The lowest BCUT2D eigenvalue weighted by molar-refractivity contribution is 0.153. The second kappa shape index (κ2) is 12.5. The third-order valence-corrected chi connectivity index (χ3v) is 6.52. The second-order valence-corrected chi connectivity index (χ2v) is 8.58. The van der Waals surface area contributed by atoms with Gasteiger partial charge in [-0.15, -0.1) is 0 Å². The van der Waals surface area contributed by atoms with Gasteiger partial charge in [-0.05, 0) is 25.0 Å².